The second-order valence-electron chi connectivity index (χ2n) is 8.58. The predicted molar refractivity (Wildman–Crippen MR) is 115 cm³/mol. The van der Waals surface area contributed by atoms with Gasteiger partial charge < -0.3 is 25.0 Å². The number of esters is 1. The molecule has 0 aliphatic carbocycles. The smallest absolute Gasteiger partial charge is 0.405 e. The SMILES string of the molecule is CCOC(=O)[C@@H]1[C@@H](OC(N)=O)C(=O)N(Cc2ccccc2)C12CCN(C(=O)C(C)C)CC2. The second-order valence-corrected chi connectivity index (χ2v) is 8.58. The second kappa shape index (κ2) is 9.58. The molecule has 0 bridgehead atoms. The Morgan fingerprint density at radius 2 is 1.78 bits per heavy atom. The molecule has 32 heavy (non-hydrogen) atoms. The molecule has 3 amide bonds. The number of amides is 3. The molecule has 3 rings (SSSR count). The van der Waals surface area contributed by atoms with Gasteiger partial charge in [0.1, 0.15) is 5.92 Å². The molecule has 0 saturated carbocycles. The molecule has 0 unspecified atom stereocenters. The molecule has 0 aromatic heterocycles. The van der Waals surface area contributed by atoms with Gasteiger partial charge in [0.05, 0.1) is 12.1 Å². The first-order valence-corrected chi connectivity index (χ1v) is 11.0. The summed E-state index contributed by atoms with van der Waals surface area (Å²) in [5.74, 6) is -2.24. The van der Waals surface area contributed by atoms with E-state index in [1.54, 1.807) is 16.7 Å². The van der Waals surface area contributed by atoms with Gasteiger partial charge in [-0.05, 0) is 25.3 Å². The lowest BCUT2D eigenvalue weighted by Gasteiger charge is -2.47. The van der Waals surface area contributed by atoms with Crippen molar-refractivity contribution in [3.8, 4) is 0 Å². The number of hydrogen-bond donors (Lipinski definition) is 1. The number of nitrogens with two attached hydrogens (primary N) is 1. The zero-order chi connectivity index (χ0) is 23.5. The molecule has 2 heterocycles. The molecule has 2 saturated heterocycles. The lowest BCUT2D eigenvalue weighted by Crippen LogP contribution is -2.58. The van der Waals surface area contributed by atoms with Crippen LogP contribution in [0.1, 0.15) is 39.2 Å². The van der Waals surface area contributed by atoms with Crippen molar-refractivity contribution in [3.05, 3.63) is 35.9 Å². The van der Waals surface area contributed by atoms with E-state index < -0.39 is 35.5 Å². The third kappa shape index (κ3) is 4.42. The summed E-state index contributed by atoms with van der Waals surface area (Å²) in [5.41, 5.74) is 5.17. The highest BCUT2D eigenvalue weighted by Crippen LogP contribution is 2.46. The number of rotatable bonds is 6. The minimum Gasteiger partial charge on any atom is -0.466 e. The van der Waals surface area contributed by atoms with Crippen molar-refractivity contribution >= 4 is 23.9 Å². The van der Waals surface area contributed by atoms with Crippen LogP contribution in [0.2, 0.25) is 0 Å². The quantitative estimate of drug-likeness (QED) is 0.666. The Morgan fingerprint density at radius 1 is 1.16 bits per heavy atom. The number of nitrogens with zero attached hydrogens (tertiary/aromatic N) is 2. The van der Waals surface area contributed by atoms with Crippen molar-refractivity contribution in [2.24, 2.45) is 17.6 Å². The van der Waals surface area contributed by atoms with Gasteiger partial charge in [0, 0.05) is 25.6 Å². The Morgan fingerprint density at radius 3 is 2.31 bits per heavy atom. The van der Waals surface area contributed by atoms with E-state index in [2.05, 4.69) is 0 Å². The van der Waals surface area contributed by atoms with Crippen molar-refractivity contribution < 1.29 is 28.7 Å². The van der Waals surface area contributed by atoms with Crippen molar-refractivity contribution in [1.29, 1.82) is 0 Å². The highest BCUT2D eigenvalue weighted by Gasteiger charge is 2.64. The van der Waals surface area contributed by atoms with Gasteiger partial charge in [-0.25, -0.2) is 4.79 Å². The fraction of sp³-hybridized carbons (Fsp3) is 0.565. The summed E-state index contributed by atoms with van der Waals surface area (Å²) in [5, 5.41) is 0. The number of primary amides is 1. The predicted octanol–water partition coefficient (Wildman–Crippen LogP) is 1.69. The molecular weight excluding hydrogens is 414 g/mol. The molecule has 2 aliphatic heterocycles. The van der Waals surface area contributed by atoms with Gasteiger partial charge in [0.15, 0.2) is 6.10 Å². The van der Waals surface area contributed by atoms with E-state index in [4.69, 9.17) is 15.2 Å². The number of hydrogen-bond acceptors (Lipinski definition) is 6. The van der Waals surface area contributed by atoms with Crippen molar-refractivity contribution in [2.45, 2.75) is 51.8 Å². The fourth-order valence-corrected chi connectivity index (χ4v) is 4.85. The zero-order valence-electron chi connectivity index (χ0n) is 18.8. The Kier molecular flexibility index (Phi) is 7.06. The van der Waals surface area contributed by atoms with Crippen LogP contribution in [0, 0.1) is 11.8 Å². The third-order valence-corrected chi connectivity index (χ3v) is 6.33. The summed E-state index contributed by atoms with van der Waals surface area (Å²) in [6.07, 6.45) is -1.75. The maximum absolute atomic E-state index is 13.5. The average molecular weight is 446 g/mol. The molecular formula is C23H31N3O6. The van der Waals surface area contributed by atoms with Crippen LogP contribution in [0.5, 0.6) is 0 Å². The van der Waals surface area contributed by atoms with E-state index in [1.165, 1.54) is 0 Å². The van der Waals surface area contributed by atoms with E-state index >= 15 is 0 Å². The highest BCUT2D eigenvalue weighted by molar-refractivity contribution is 5.94. The summed E-state index contributed by atoms with van der Waals surface area (Å²) in [6.45, 7) is 6.49. The van der Waals surface area contributed by atoms with Crippen LogP contribution in [-0.2, 0) is 30.4 Å². The maximum atomic E-state index is 13.5. The van der Waals surface area contributed by atoms with Crippen LogP contribution >= 0.6 is 0 Å². The first-order valence-electron chi connectivity index (χ1n) is 11.0. The molecule has 174 valence electrons. The largest absolute Gasteiger partial charge is 0.466 e. The average Bonchev–Trinajstić information content (AvgIpc) is 2.96. The molecule has 2 aliphatic rings. The topological polar surface area (TPSA) is 119 Å². The van der Waals surface area contributed by atoms with E-state index in [0.29, 0.717) is 25.9 Å². The summed E-state index contributed by atoms with van der Waals surface area (Å²) in [7, 11) is 0. The Labute approximate surface area is 187 Å². The van der Waals surface area contributed by atoms with Gasteiger partial charge in [-0.3, -0.25) is 14.4 Å². The molecule has 0 radical (unpaired) electrons. The minimum atomic E-state index is -1.36. The van der Waals surface area contributed by atoms with Gasteiger partial charge in [-0.15, -0.1) is 0 Å². The van der Waals surface area contributed by atoms with Gasteiger partial charge in [0.25, 0.3) is 5.91 Å². The van der Waals surface area contributed by atoms with Crippen molar-refractivity contribution in [3.63, 3.8) is 0 Å². The molecule has 1 aromatic rings. The normalized spacial score (nSPS) is 22.3. The summed E-state index contributed by atoms with van der Waals surface area (Å²) >= 11 is 0. The van der Waals surface area contributed by atoms with Crippen LogP contribution in [-0.4, -0.2) is 65.0 Å². The van der Waals surface area contributed by atoms with Gasteiger partial charge >= 0.3 is 12.1 Å². The van der Waals surface area contributed by atoms with E-state index in [1.807, 2.05) is 44.2 Å². The van der Waals surface area contributed by atoms with Crippen LogP contribution in [0.25, 0.3) is 0 Å². The number of ether oxygens (including phenoxy) is 2. The lowest BCUT2D eigenvalue weighted by molar-refractivity contribution is -0.156. The Bertz CT molecular complexity index is 864. The molecule has 2 fully saturated rings. The number of piperidine rings is 1. The van der Waals surface area contributed by atoms with Crippen LogP contribution < -0.4 is 5.73 Å². The van der Waals surface area contributed by atoms with E-state index in [9.17, 15) is 19.2 Å². The first kappa shape index (κ1) is 23.6. The first-order chi connectivity index (χ1) is 15.2. The van der Waals surface area contributed by atoms with Crippen molar-refractivity contribution in [2.75, 3.05) is 19.7 Å². The van der Waals surface area contributed by atoms with Crippen LogP contribution in [0.4, 0.5) is 4.79 Å². The molecule has 2 N–H and O–H groups in total. The fourth-order valence-electron chi connectivity index (χ4n) is 4.85. The highest BCUT2D eigenvalue weighted by atomic mass is 16.6. The Balaban J connectivity index is 2.01. The molecule has 9 nitrogen and oxygen atoms in total. The maximum Gasteiger partial charge on any atom is 0.405 e. The molecule has 2 atom stereocenters. The Hall–Kier alpha value is -3.10. The molecule has 1 spiro atoms. The van der Waals surface area contributed by atoms with E-state index in [0.717, 1.165) is 5.56 Å². The lowest BCUT2D eigenvalue weighted by atomic mass is 9.75. The van der Waals surface area contributed by atoms with Gasteiger partial charge in [-0.1, -0.05) is 44.2 Å². The number of carbonyl (C=O) groups is 4. The number of carbonyl (C=O) groups excluding carboxylic acids is 4. The summed E-state index contributed by atoms with van der Waals surface area (Å²) in [6, 6.07) is 9.39. The molecule has 1 aromatic carbocycles. The molecule has 9 heteroatoms. The monoisotopic (exact) mass is 445 g/mol. The van der Waals surface area contributed by atoms with Crippen molar-refractivity contribution in [1.82, 2.24) is 9.80 Å². The third-order valence-electron chi connectivity index (χ3n) is 6.33. The van der Waals surface area contributed by atoms with Gasteiger partial charge in [-0.2, -0.15) is 0 Å². The van der Waals surface area contributed by atoms with E-state index in [-0.39, 0.29) is 25.0 Å². The zero-order valence-corrected chi connectivity index (χ0v) is 18.8. The number of likely N-dealkylation sites (tertiary alicyclic amines) is 2. The number of benzene rings is 1. The van der Waals surface area contributed by atoms with Gasteiger partial charge in [0.2, 0.25) is 5.91 Å². The van der Waals surface area contributed by atoms with Crippen LogP contribution in [0.15, 0.2) is 30.3 Å². The van der Waals surface area contributed by atoms with Crippen LogP contribution in [0.3, 0.4) is 0 Å². The minimum absolute atomic E-state index is 0.0244. The summed E-state index contributed by atoms with van der Waals surface area (Å²) < 4.78 is 10.5. The summed E-state index contributed by atoms with van der Waals surface area (Å²) in [4.78, 5) is 54.0. The standard InChI is InChI=1S/C23H31N3O6/c1-4-31-21(29)17-18(32-22(24)30)20(28)26(14-16-8-6-5-7-9-16)23(17)10-12-25(13-11-23)19(27)15(2)3/h5-9,15,17-18H,4,10-14H2,1-3H3,(H2,24,30)/t17-,18+/m0/s1.